The summed E-state index contributed by atoms with van der Waals surface area (Å²) in [5.41, 5.74) is 0.656. The van der Waals surface area contributed by atoms with Gasteiger partial charge in [-0.15, -0.1) is 0 Å². The van der Waals surface area contributed by atoms with Crippen molar-refractivity contribution in [3.63, 3.8) is 0 Å². The number of carbonyl (C=O) groups excluding carboxylic acids is 1. The molecule has 22 heavy (non-hydrogen) atoms. The second-order valence-electron chi connectivity index (χ2n) is 6.80. The highest BCUT2D eigenvalue weighted by atomic mass is 35.5. The summed E-state index contributed by atoms with van der Waals surface area (Å²) < 4.78 is 5.41. The highest BCUT2D eigenvalue weighted by molar-refractivity contribution is 6.30. The van der Waals surface area contributed by atoms with E-state index in [9.17, 15) is 4.79 Å². The molecule has 0 saturated carbocycles. The van der Waals surface area contributed by atoms with Gasteiger partial charge in [-0.1, -0.05) is 11.6 Å². The zero-order valence-corrected chi connectivity index (χ0v) is 14.3. The molecule has 122 valence electrons. The number of amides is 1. The fourth-order valence-corrected chi connectivity index (χ4v) is 2.60. The number of nitrogens with one attached hydrogen (secondary N) is 1. The second kappa shape index (κ2) is 7.23. The number of anilines is 1. The van der Waals surface area contributed by atoms with Crippen LogP contribution in [-0.2, 0) is 4.74 Å². The van der Waals surface area contributed by atoms with Crippen LogP contribution >= 0.6 is 11.6 Å². The van der Waals surface area contributed by atoms with E-state index < -0.39 is 5.60 Å². The van der Waals surface area contributed by atoms with Crippen LogP contribution in [0.25, 0.3) is 0 Å². The van der Waals surface area contributed by atoms with Gasteiger partial charge < -0.3 is 15.0 Å². The number of rotatable bonds is 3. The number of ether oxygens (including phenoxy) is 1. The Morgan fingerprint density at radius 1 is 1.27 bits per heavy atom. The number of hydrogen-bond acceptors (Lipinski definition) is 3. The van der Waals surface area contributed by atoms with Gasteiger partial charge in [0.15, 0.2) is 0 Å². The molecular formula is C17H25ClN2O2. The lowest BCUT2D eigenvalue weighted by atomic mass is 9.97. The molecule has 1 saturated heterocycles. The third kappa shape index (κ3) is 5.41. The van der Waals surface area contributed by atoms with E-state index in [1.54, 1.807) is 0 Å². The molecule has 5 heteroatoms. The van der Waals surface area contributed by atoms with Crippen LogP contribution in [0.4, 0.5) is 10.5 Å². The third-order valence-corrected chi connectivity index (χ3v) is 3.96. The molecule has 0 spiro atoms. The lowest BCUT2D eigenvalue weighted by Crippen LogP contribution is -2.42. The van der Waals surface area contributed by atoms with Gasteiger partial charge in [0, 0.05) is 30.3 Å². The van der Waals surface area contributed by atoms with Crippen LogP contribution in [0.1, 0.15) is 33.6 Å². The van der Waals surface area contributed by atoms with Gasteiger partial charge in [0.1, 0.15) is 5.60 Å². The predicted molar refractivity (Wildman–Crippen MR) is 90.5 cm³/mol. The van der Waals surface area contributed by atoms with Gasteiger partial charge >= 0.3 is 6.09 Å². The number of piperidine rings is 1. The Morgan fingerprint density at radius 2 is 1.86 bits per heavy atom. The van der Waals surface area contributed by atoms with E-state index in [1.807, 2.05) is 49.9 Å². The highest BCUT2D eigenvalue weighted by Gasteiger charge is 2.26. The van der Waals surface area contributed by atoms with Crippen molar-refractivity contribution in [1.29, 1.82) is 0 Å². The van der Waals surface area contributed by atoms with Crippen LogP contribution in [0, 0.1) is 5.92 Å². The lowest BCUT2D eigenvalue weighted by Gasteiger charge is -2.33. The van der Waals surface area contributed by atoms with Gasteiger partial charge in [-0.3, -0.25) is 0 Å². The van der Waals surface area contributed by atoms with Crippen molar-refractivity contribution in [3.05, 3.63) is 29.3 Å². The van der Waals surface area contributed by atoms with Crippen molar-refractivity contribution in [1.82, 2.24) is 4.90 Å². The maximum atomic E-state index is 12.0. The SMILES string of the molecule is CC(C)(C)OC(=O)N1CCC(CNc2ccc(Cl)cc2)CC1. The maximum absolute atomic E-state index is 12.0. The van der Waals surface area contributed by atoms with Gasteiger partial charge in [-0.05, 0) is 63.8 Å². The standard InChI is InChI=1S/C17H25ClN2O2/c1-17(2,3)22-16(21)20-10-8-13(9-11-20)12-19-15-6-4-14(18)5-7-15/h4-7,13,19H,8-12H2,1-3H3. The minimum atomic E-state index is -0.427. The number of hydrogen-bond donors (Lipinski definition) is 1. The molecule has 1 aliphatic rings. The molecule has 0 radical (unpaired) electrons. The molecule has 1 heterocycles. The van der Waals surface area contributed by atoms with Crippen LogP contribution in [0.2, 0.25) is 5.02 Å². The van der Waals surface area contributed by atoms with Crippen molar-refractivity contribution < 1.29 is 9.53 Å². The first kappa shape index (κ1) is 16.9. The smallest absolute Gasteiger partial charge is 0.410 e. The number of benzene rings is 1. The molecule has 2 rings (SSSR count). The summed E-state index contributed by atoms with van der Waals surface area (Å²) in [6.07, 6.45) is 1.80. The first-order valence-electron chi connectivity index (χ1n) is 7.81. The number of halogens is 1. The normalized spacial score (nSPS) is 16.5. The van der Waals surface area contributed by atoms with Crippen molar-refractivity contribution >= 4 is 23.4 Å². The van der Waals surface area contributed by atoms with E-state index >= 15 is 0 Å². The van der Waals surface area contributed by atoms with E-state index in [-0.39, 0.29) is 6.09 Å². The summed E-state index contributed by atoms with van der Waals surface area (Å²) in [5, 5.41) is 4.18. The third-order valence-electron chi connectivity index (χ3n) is 3.71. The summed E-state index contributed by atoms with van der Waals surface area (Å²) in [4.78, 5) is 13.8. The molecule has 0 aliphatic carbocycles. The Kier molecular flexibility index (Phi) is 5.57. The molecular weight excluding hydrogens is 300 g/mol. The quantitative estimate of drug-likeness (QED) is 0.896. The Bertz CT molecular complexity index is 488. The molecule has 0 atom stereocenters. The summed E-state index contributed by atoms with van der Waals surface area (Å²) in [5.74, 6) is 0.578. The zero-order valence-electron chi connectivity index (χ0n) is 13.6. The van der Waals surface area contributed by atoms with Crippen molar-refractivity contribution in [2.75, 3.05) is 25.0 Å². The Morgan fingerprint density at radius 3 is 2.41 bits per heavy atom. The van der Waals surface area contributed by atoms with Crippen molar-refractivity contribution in [2.45, 2.75) is 39.2 Å². The minimum absolute atomic E-state index is 0.198. The van der Waals surface area contributed by atoms with E-state index in [4.69, 9.17) is 16.3 Å². The maximum Gasteiger partial charge on any atom is 0.410 e. The molecule has 1 N–H and O–H groups in total. The van der Waals surface area contributed by atoms with E-state index in [1.165, 1.54) is 0 Å². The van der Waals surface area contributed by atoms with Crippen LogP contribution in [0.5, 0.6) is 0 Å². The molecule has 1 fully saturated rings. The number of nitrogens with zero attached hydrogens (tertiary/aromatic N) is 1. The molecule has 4 nitrogen and oxygen atoms in total. The summed E-state index contributed by atoms with van der Waals surface area (Å²) in [6, 6.07) is 7.74. The first-order valence-corrected chi connectivity index (χ1v) is 8.19. The summed E-state index contributed by atoms with van der Waals surface area (Å²) >= 11 is 5.87. The number of carbonyl (C=O) groups is 1. The van der Waals surface area contributed by atoms with E-state index in [2.05, 4.69) is 5.32 Å². The summed E-state index contributed by atoms with van der Waals surface area (Å²) in [7, 11) is 0. The fourth-order valence-electron chi connectivity index (χ4n) is 2.48. The van der Waals surface area contributed by atoms with Crippen LogP contribution < -0.4 is 5.32 Å². The Hall–Kier alpha value is -1.42. The predicted octanol–water partition coefficient (Wildman–Crippen LogP) is 4.40. The average Bonchev–Trinajstić information content (AvgIpc) is 2.45. The first-order chi connectivity index (χ1) is 10.3. The molecule has 1 aromatic rings. The Labute approximate surface area is 137 Å². The second-order valence-corrected chi connectivity index (χ2v) is 7.23. The van der Waals surface area contributed by atoms with Crippen LogP contribution in [0.3, 0.4) is 0 Å². The minimum Gasteiger partial charge on any atom is -0.444 e. The molecule has 1 aliphatic heterocycles. The van der Waals surface area contributed by atoms with Gasteiger partial charge in [0.25, 0.3) is 0 Å². The van der Waals surface area contributed by atoms with Crippen LogP contribution in [0.15, 0.2) is 24.3 Å². The summed E-state index contributed by atoms with van der Waals surface area (Å²) in [6.45, 7) is 8.14. The van der Waals surface area contributed by atoms with Gasteiger partial charge in [0.05, 0.1) is 0 Å². The van der Waals surface area contributed by atoms with Gasteiger partial charge in [-0.25, -0.2) is 4.79 Å². The topological polar surface area (TPSA) is 41.6 Å². The number of likely N-dealkylation sites (tertiary alicyclic amines) is 1. The largest absolute Gasteiger partial charge is 0.444 e. The molecule has 0 unspecified atom stereocenters. The molecule has 0 bridgehead atoms. The van der Waals surface area contributed by atoms with E-state index in [0.717, 1.165) is 43.2 Å². The lowest BCUT2D eigenvalue weighted by molar-refractivity contribution is 0.0188. The zero-order chi connectivity index (χ0) is 16.2. The molecule has 1 aromatic carbocycles. The molecule has 1 amide bonds. The van der Waals surface area contributed by atoms with Crippen molar-refractivity contribution in [2.24, 2.45) is 5.92 Å². The van der Waals surface area contributed by atoms with Gasteiger partial charge in [0.2, 0.25) is 0 Å². The Balaban J connectivity index is 1.73. The van der Waals surface area contributed by atoms with Crippen LogP contribution in [-0.4, -0.2) is 36.2 Å². The van der Waals surface area contributed by atoms with E-state index in [0.29, 0.717) is 5.92 Å². The molecule has 0 aromatic heterocycles. The van der Waals surface area contributed by atoms with Gasteiger partial charge in [-0.2, -0.15) is 0 Å². The average molecular weight is 325 g/mol. The van der Waals surface area contributed by atoms with Crippen molar-refractivity contribution in [3.8, 4) is 0 Å². The highest BCUT2D eigenvalue weighted by Crippen LogP contribution is 2.21. The fraction of sp³-hybridized carbons (Fsp3) is 0.588. The monoisotopic (exact) mass is 324 g/mol.